The first-order valence-electron chi connectivity index (χ1n) is 7.16. The van der Waals surface area contributed by atoms with E-state index in [4.69, 9.17) is 4.52 Å². The summed E-state index contributed by atoms with van der Waals surface area (Å²) in [6.07, 6.45) is 3.48. The summed E-state index contributed by atoms with van der Waals surface area (Å²) in [5.41, 5.74) is 4.73. The Balaban J connectivity index is 1.75. The Hall–Kier alpha value is -3.28. The number of H-pyrrole nitrogens is 1. The van der Waals surface area contributed by atoms with Gasteiger partial charge in [-0.2, -0.15) is 10.1 Å². The molecule has 0 amide bonds. The Morgan fingerprint density at radius 3 is 2.65 bits per heavy atom. The van der Waals surface area contributed by atoms with Crippen molar-refractivity contribution < 1.29 is 4.52 Å². The zero-order chi connectivity index (χ0) is 15.6. The van der Waals surface area contributed by atoms with Crippen LogP contribution in [0.2, 0.25) is 0 Å². The summed E-state index contributed by atoms with van der Waals surface area (Å²) in [4.78, 5) is 8.70. The van der Waals surface area contributed by atoms with E-state index in [1.807, 2.05) is 36.4 Å². The van der Waals surface area contributed by atoms with Gasteiger partial charge in [-0.25, -0.2) is 0 Å². The molecule has 6 nitrogen and oxygen atoms in total. The smallest absolute Gasteiger partial charge is 0.258 e. The van der Waals surface area contributed by atoms with Crippen molar-refractivity contribution >= 4 is 0 Å². The molecular formula is C17H13N5O. The standard InChI is InChI=1S/C17H13N5O/c1-11-20-17(23-22-11)14-5-7-18-16(10-14)13-4-2-3-12(9-13)15-6-8-19-21-15/h2-10H,1H3,(H,19,21). The van der Waals surface area contributed by atoms with Gasteiger partial charge in [0.1, 0.15) is 0 Å². The van der Waals surface area contributed by atoms with Crippen LogP contribution in [-0.4, -0.2) is 25.3 Å². The molecule has 0 spiro atoms. The lowest BCUT2D eigenvalue weighted by molar-refractivity contribution is 0.425. The van der Waals surface area contributed by atoms with Gasteiger partial charge in [-0.3, -0.25) is 10.1 Å². The molecule has 0 radical (unpaired) electrons. The Morgan fingerprint density at radius 1 is 0.957 bits per heavy atom. The summed E-state index contributed by atoms with van der Waals surface area (Å²) >= 11 is 0. The van der Waals surface area contributed by atoms with Crippen LogP contribution in [0.15, 0.2) is 59.4 Å². The van der Waals surface area contributed by atoms with Gasteiger partial charge < -0.3 is 4.52 Å². The minimum Gasteiger partial charge on any atom is -0.334 e. The van der Waals surface area contributed by atoms with Crippen molar-refractivity contribution in [3.8, 4) is 34.0 Å². The van der Waals surface area contributed by atoms with E-state index in [1.54, 1.807) is 19.3 Å². The maximum Gasteiger partial charge on any atom is 0.258 e. The molecule has 6 heteroatoms. The summed E-state index contributed by atoms with van der Waals surface area (Å²) in [6, 6.07) is 13.8. The molecule has 3 heterocycles. The zero-order valence-electron chi connectivity index (χ0n) is 12.4. The van der Waals surface area contributed by atoms with E-state index in [0.717, 1.165) is 28.1 Å². The number of hydrogen-bond acceptors (Lipinski definition) is 5. The van der Waals surface area contributed by atoms with E-state index < -0.39 is 0 Å². The number of nitrogens with zero attached hydrogens (tertiary/aromatic N) is 4. The normalized spacial score (nSPS) is 10.8. The Labute approximate surface area is 132 Å². The largest absolute Gasteiger partial charge is 0.334 e. The molecule has 0 unspecified atom stereocenters. The average molecular weight is 303 g/mol. The molecule has 0 bridgehead atoms. The van der Waals surface area contributed by atoms with Gasteiger partial charge in [0.05, 0.1) is 11.4 Å². The van der Waals surface area contributed by atoms with E-state index in [1.165, 1.54) is 0 Å². The summed E-state index contributed by atoms with van der Waals surface area (Å²) in [5, 5.41) is 10.8. The molecule has 0 atom stereocenters. The van der Waals surface area contributed by atoms with Crippen molar-refractivity contribution in [3.05, 3.63) is 60.7 Å². The zero-order valence-corrected chi connectivity index (χ0v) is 12.4. The van der Waals surface area contributed by atoms with Gasteiger partial charge >= 0.3 is 0 Å². The molecule has 4 rings (SSSR count). The molecule has 23 heavy (non-hydrogen) atoms. The monoisotopic (exact) mass is 303 g/mol. The van der Waals surface area contributed by atoms with Crippen LogP contribution in [0.3, 0.4) is 0 Å². The van der Waals surface area contributed by atoms with Gasteiger partial charge in [-0.05, 0) is 31.2 Å². The van der Waals surface area contributed by atoms with Crippen LogP contribution in [0.4, 0.5) is 0 Å². The maximum absolute atomic E-state index is 5.22. The Kier molecular flexibility index (Phi) is 3.20. The number of rotatable bonds is 3. The van der Waals surface area contributed by atoms with Gasteiger partial charge in [-0.1, -0.05) is 23.4 Å². The van der Waals surface area contributed by atoms with Crippen LogP contribution in [0, 0.1) is 6.92 Å². The quantitative estimate of drug-likeness (QED) is 0.626. The fourth-order valence-electron chi connectivity index (χ4n) is 2.40. The van der Waals surface area contributed by atoms with Crippen molar-refractivity contribution in [2.75, 3.05) is 0 Å². The predicted octanol–water partition coefficient (Wildman–Crippen LogP) is 3.50. The first-order chi connectivity index (χ1) is 11.3. The van der Waals surface area contributed by atoms with Crippen molar-refractivity contribution in [1.29, 1.82) is 0 Å². The molecule has 0 aliphatic carbocycles. The first kappa shape index (κ1) is 13.4. The van der Waals surface area contributed by atoms with Gasteiger partial charge in [0.25, 0.3) is 5.89 Å². The number of benzene rings is 1. The highest BCUT2D eigenvalue weighted by Crippen LogP contribution is 2.26. The molecule has 0 aliphatic rings. The molecule has 1 N–H and O–H groups in total. The topological polar surface area (TPSA) is 80.5 Å². The second-order valence-corrected chi connectivity index (χ2v) is 5.13. The predicted molar refractivity (Wildman–Crippen MR) is 85.3 cm³/mol. The number of aryl methyl sites for hydroxylation is 1. The number of aromatic nitrogens is 5. The van der Waals surface area contributed by atoms with Crippen LogP contribution in [0.25, 0.3) is 34.0 Å². The summed E-state index contributed by atoms with van der Waals surface area (Å²) in [5.74, 6) is 1.11. The number of nitrogens with one attached hydrogen (secondary N) is 1. The minimum absolute atomic E-state index is 0.496. The molecule has 0 saturated heterocycles. The fourth-order valence-corrected chi connectivity index (χ4v) is 2.40. The summed E-state index contributed by atoms with van der Waals surface area (Å²) in [6.45, 7) is 1.79. The average Bonchev–Trinajstić information content (AvgIpc) is 3.27. The number of hydrogen-bond donors (Lipinski definition) is 1. The number of pyridine rings is 1. The third kappa shape index (κ3) is 2.62. The van der Waals surface area contributed by atoms with Gasteiger partial charge in [-0.15, -0.1) is 0 Å². The van der Waals surface area contributed by atoms with E-state index in [0.29, 0.717) is 11.7 Å². The van der Waals surface area contributed by atoms with E-state index in [2.05, 4.69) is 31.4 Å². The van der Waals surface area contributed by atoms with Crippen molar-refractivity contribution in [2.45, 2.75) is 6.92 Å². The first-order valence-corrected chi connectivity index (χ1v) is 7.16. The summed E-state index contributed by atoms with van der Waals surface area (Å²) in [7, 11) is 0. The molecule has 0 aliphatic heterocycles. The minimum atomic E-state index is 0.496. The van der Waals surface area contributed by atoms with Crippen LogP contribution in [0.5, 0.6) is 0 Å². The van der Waals surface area contributed by atoms with Crippen LogP contribution < -0.4 is 0 Å². The second kappa shape index (κ2) is 5.49. The van der Waals surface area contributed by atoms with Crippen LogP contribution in [0.1, 0.15) is 5.82 Å². The maximum atomic E-state index is 5.22. The van der Waals surface area contributed by atoms with Gasteiger partial charge in [0.2, 0.25) is 0 Å². The number of aromatic amines is 1. The van der Waals surface area contributed by atoms with Gasteiger partial charge in [0, 0.05) is 29.1 Å². The fraction of sp³-hybridized carbons (Fsp3) is 0.0588. The van der Waals surface area contributed by atoms with Crippen LogP contribution >= 0.6 is 0 Å². The van der Waals surface area contributed by atoms with Crippen molar-refractivity contribution in [1.82, 2.24) is 25.3 Å². The third-order valence-corrected chi connectivity index (χ3v) is 3.50. The Bertz CT molecular complexity index is 943. The van der Waals surface area contributed by atoms with E-state index in [-0.39, 0.29) is 0 Å². The van der Waals surface area contributed by atoms with Crippen LogP contribution in [-0.2, 0) is 0 Å². The lowest BCUT2D eigenvalue weighted by atomic mass is 10.0. The third-order valence-electron chi connectivity index (χ3n) is 3.50. The lowest BCUT2D eigenvalue weighted by Gasteiger charge is -2.04. The molecule has 1 aromatic carbocycles. The molecule has 0 fully saturated rings. The Morgan fingerprint density at radius 2 is 1.87 bits per heavy atom. The molecule has 3 aromatic heterocycles. The van der Waals surface area contributed by atoms with Crippen molar-refractivity contribution in [3.63, 3.8) is 0 Å². The highest BCUT2D eigenvalue weighted by Gasteiger charge is 2.09. The highest BCUT2D eigenvalue weighted by atomic mass is 16.5. The molecule has 4 aromatic rings. The van der Waals surface area contributed by atoms with Gasteiger partial charge in [0.15, 0.2) is 5.82 Å². The SMILES string of the molecule is Cc1noc(-c2ccnc(-c3cccc(-c4ccn[nH]4)c3)c2)n1. The second-order valence-electron chi connectivity index (χ2n) is 5.13. The molecule has 112 valence electrons. The van der Waals surface area contributed by atoms with E-state index >= 15 is 0 Å². The van der Waals surface area contributed by atoms with Crippen molar-refractivity contribution in [2.24, 2.45) is 0 Å². The molecular weight excluding hydrogens is 290 g/mol. The molecule has 0 saturated carbocycles. The summed E-state index contributed by atoms with van der Waals surface area (Å²) < 4.78 is 5.22. The van der Waals surface area contributed by atoms with E-state index in [9.17, 15) is 0 Å². The highest BCUT2D eigenvalue weighted by molar-refractivity contribution is 5.71. The lowest BCUT2D eigenvalue weighted by Crippen LogP contribution is -1.87.